The molecule has 3 rings (SSSR count). The third-order valence-electron chi connectivity index (χ3n) is 3.81. The predicted molar refractivity (Wildman–Crippen MR) is 83.0 cm³/mol. The van der Waals surface area contributed by atoms with Crippen LogP contribution in [0, 0.1) is 0 Å². The minimum Gasteiger partial charge on any atom is -0.288 e. The molecular formula is C16H20N2OS. The fourth-order valence-electron chi connectivity index (χ4n) is 2.79. The van der Waals surface area contributed by atoms with Crippen molar-refractivity contribution in [2.24, 2.45) is 4.36 Å². The molecule has 0 saturated heterocycles. The Bertz CT molecular complexity index is 545. The van der Waals surface area contributed by atoms with Gasteiger partial charge in [-0.25, -0.2) is 4.36 Å². The van der Waals surface area contributed by atoms with E-state index in [1.807, 2.05) is 18.2 Å². The normalized spacial score (nSPS) is 23.7. The van der Waals surface area contributed by atoms with E-state index in [2.05, 4.69) is 16.9 Å². The Morgan fingerprint density at radius 1 is 1.15 bits per heavy atom. The molecule has 1 N–H and O–H groups in total. The van der Waals surface area contributed by atoms with E-state index in [0.717, 1.165) is 12.1 Å². The van der Waals surface area contributed by atoms with E-state index in [-0.39, 0.29) is 16.8 Å². The second kappa shape index (κ2) is 6.35. The van der Waals surface area contributed by atoms with Crippen molar-refractivity contribution in [3.63, 3.8) is 0 Å². The highest BCUT2D eigenvalue weighted by Crippen LogP contribution is 2.24. The van der Waals surface area contributed by atoms with Gasteiger partial charge in [0, 0.05) is 28.6 Å². The zero-order valence-corrected chi connectivity index (χ0v) is 12.4. The lowest BCUT2D eigenvalue weighted by Gasteiger charge is -2.26. The molecule has 1 amide bonds. The van der Waals surface area contributed by atoms with Crippen molar-refractivity contribution in [1.82, 2.24) is 4.72 Å². The Morgan fingerprint density at radius 2 is 1.90 bits per heavy atom. The third kappa shape index (κ3) is 3.37. The first-order valence-electron chi connectivity index (χ1n) is 7.31. The lowest BCUT2D eigenvalue weighted by atomic mass is 10.0. The lowest BCUT2D eigenvalue weighted by molar-refractivity contribution is -0.114. The molecule has 1 unspecified atom stereocenters. The molecule has 0 bridgehead atoms. The molecule has 0 spiro atoms. The molecule has 1 aliphatic heterocycles. The number of carbonyl (C=O) groups excluding carboxylic acids is 1. The number of nitrogens with zero attached hydrogens (tertiary/aromatic N) is 1. The number of allylic oxidation sites excluding steroid dienone is 1. The summed E-state index contributed by atoms with van der Waals surface area (Å²) >= 11 is 0. The number of carbonyl (C=O) groups is 1. The van der Waals surface area contributed by atoms with Crippen LogP contribution >= 0.6 is 0 Å². The van der Waals surface area contributed by atoms with Crippen molar-refractivity contribution in [1.29, 1.82) is 0 Å². The summed E-state index contributed by atoms with van der Waals surface area (Å²) in [5, 5.41) is 0.548. The van der Waals surface area contributed by atoms with Crippen LogP contribution in [0.1, 0.15) is 37.7 Å². The number of hydrogen-bond donors (Lipinski definition) is 1. The topological polar surface area (TPSA) is 41.5 Å². The summed E-state index contributed by atoms with van der Waals surface area (Å²) in [7, 11) is -0.308. The smallest absolute Gasteiger partial charge is 0.256 e. The average Bonchev–Trinajstić information content (AvgIpc) is 2.49. The van der Waals surface area contributed by atoms with Gasteiger partial charge >= 0.3 is 0 Å². The van der Waals surface area contributed by atoms with E-state index in [0.29, 0.717) is 5.25 Å². The van der Waals surface area contributed by atoms with E-state index in [4.69, 9.17) is 4.36 Å². The molecule has 1 aromatic rings. The summed E-state index contributed by atoms with van der Waals surface area (Å²) in [5.41, 5.74) is 2.14. The van der Waals surface area contributed by atoms with Crippen molar-refractivity contribution in [3.8, 4) is 0 Å². The lowest BCUT2D eigenvalue weighted by Crippen LogP contribution is -2.35. The van der Waals surface area contributed by atoms with Gasteiger partial charge in [-0.15, -0.1) is 0 Å². The molecule has 1 heterocycles. The summed E-state index contributed by atoms with van der Waals surface area (Å²) in [4.78, 5) is 11.9. The van der Waals surface area contributed by atoms with E-state index in [9.17, 15) is 4.79 Å². The molecular weight excluding hydrogens is 268 g/mol. The fourth-order valence-corrected chi connectivity index (χ4v) is 4.57. The Labute approximate surface area is 122 Å². The second-order valence-corrected chi connectivity index (χ2v) is 7.11. The van der Waals surface area contributed by atoms with Gasteiger partial charge in [0.25, 0.3) is 5.91 Å². The average molecular weight is 288 g/mol. The zero-order valence-electron chi connectivity index (χ0n) is 11.5. The molecule has 0 aromatic heterocycles. The van der Waals surface area contributed by atoms with Crippen LogP contribution in [0.4, 0.5) is 0 Å². The van der Waals surface area contributed by atoms with Gasteiger partial charge in [-0.1, -0.05) is 49.6 Å². The molecule has 20 heavy (non-hydrogen) atoms. The van der Waals surface area contributed by atoms with E-state index in [1.165, 1.54) is 37.7 Å². The van der Waals surface area contributed by atoms with Crippen molar-refractivity contribution in [2.45, 2.75) is 43.8 Å². The van der Waals surface area contributed by atoms with Crippen molar-refractivity contribution in [2.75, 3.05) is 0 Å². The predicted octanol–water partition coefficient (Wildman–Crippen LogP) is 3.29. The molecule has 1 aliphatic carbocycles. The standard InChI is InChI=1S/C16H20N2OS/c19-16-12-14(11-13-7-3-1-4-8-13)17-20(18-16)15-9-5-2-6-10-15/h1,3-4,7-8,12,15H,2,5-6,9-11H2,(H,17,18,19). The minimum absolute atomic E-state index is 0.0276. The quantitative estimate of drug-likeness (QED) is 0.911. The maximum absolute atomic E-state index is 11.9. The van der Waals surface area contributed by atoms with Crippen LogP contribution in [-0.4, -0.2) is 11.2 Å². The first kappa shape index (κ1) is 13.6. The van der Waals surface area contributed by atoms with Crippen LogP contribution in [-0.2, 0) is 22.1 Å². The monoisotopic (exact) mass is 288 g/mol. The van der Waals surface area contributed by atoms with E-state index in [1.54, 1.807) is 6.08 Å². The van der Waals surface area contributed by atoms with E-state index < -0.39 is 0 Å². The molecule has 1 fully saturated rings. The van der Waals surface area contributed by atoms with Crippen molar-refractivity contribution >= 4 is 16.8 Å². The number of nitrogens with one attached hydrogen (secondary N) is 1. The SMILES string of the molecule is O=C1C=C(Cc2ccccc2)N=S(C2CCCCC2)N1. The highest BCUT2D eigenvalue weighted by atomic mass is 32.2. The Kier molecular flexibility index (Phi) is 4.31. The van der Waals surface area contributed by atoms with Gasteiger partial charge in [-0.05, 0) is 18.4 Å². The van der Waals surface area contributed by atoms with Gasteiger partial charge < -0.3 is 0 Å². The minimum atomic E-state index is -0.308. The van der Waals surface area contributed by atoms with Gasteiger partial charge in [-0.3, -0.25) is 9.52 Å². The van der Waals surface area contributed by atoms with Crippen LogP contribution in [0.15, 0.2) is 46.5 Å². The zero-order chi connectivity index (χ0) is 13.8. The molecule has 106 valence electrons. The number of hydrogen-bond acceptors (Lipinski definition) is 2. The molecule has 2 aliphatic rings. The van der Waals surface area contributed by atoms with Gasteiger partial charge in [0.05, 0.1) is 5.70 Å². The van der Waals surface area contributed by atoms with Crippen LogP contribution in [0.5, 0.6) is 0 Å². The Morgan fingerprint density at radius 3 is 2.65 bits per heavy atom. The molecule has 3 nitrogen and oxygen atoms in total. The highest BCUT2D eigenvalue weighted by molar-refractivity contribution is 7.86. The second-order valence-electron chi connectivity index (χ2n) is 5.43. The van der Waals surface area contributed by atoms with Crippen molar-refractivity contribution in [3.05, 3.63) is 47.7 Å². The summed E-state index contributed by atoms with van der Waals surface area (Å²) < 4.78 is 7.86. The Balaban J connectivity index is 1.76. The van der Waals surface area contributed by atoms with Gasteiger partial charge in [0.1, 0.15) is 0 Å². The van der Waals surface area contributed by atoms with Crippen LogP contribution < -0.4 is 4.72 Å². The van der Waals surface area contributed by atoms with Crippen LogP contribution in [0.3, 0.4) is 0 Å². The van der Waals surface area contributed by atoms with Crippen LogP contribution in [0.25, 0.3) is 0 Å². The summed E-state index contributed by atoms with van der Waals surface area (Å²) in [6.45, 7) is 0. The van der Waals surface area contributed by atoms with Gasteiger partial charge in [0.15, 0.2) is 0 Å². The first-order valence-corrected chi connectivity index (χ1v) is 8.56. The maximum atomic E-state index is 11.9. The number of benzene rings is 1. The first-order chi connectivity index (χ1) is 9.81. The van der Waals surface area contributed by atoms with Gasteiger partial charge in [0.2, 0.25) is 0 Å². The molecule has 0 radical (unpaired) electrons. The largest absolute Gasteiger partial charge is 0.288 e. The van der Waals surface area contributed by atoms with E-state index >= 15 is 0 Å². The highest BCUT2D eigenvalue weighted by Gasteiger charge is 2.22. The number of rotatable bonds is 3. The molecule has 1 atom stereocenters. The molecule has 1 saturated carbocycles. The molecule has 1 aromatic carbocycles. The van der Waals surface area contributed by atoms with Crippen LogP contribution in [0.2, 0.25) is 0 Å². The Hall–Kier alpha value is -1.42. The molecule has 4 heteroatoms. The summed E-state index contributed by atoms with van der Waals surface area (Å²) in [5.74, 6) is 0.0276. The number of amides is 1. The third-order valence-corrected chi connectivity index (χ3v) is 5.76. The van der Waals surface area contributed by atoms with Gasteiger partial charge in [-0.2, -0.15) is 0 Å². The summed E-state index contributed by atoms with van der Waals surface area (Å²) in [6, 6.07) is 10.2. The maximum Gasteiger partial charge on any atom is 0.256 e. The summed E-state index contributed by atoms with van der Waals surface area (Å²) in [6.07, 6.45) is 8.68. The fraction of sp³-hybridized carbons (Fsp3) is 0.438. The van der Waals surface area contributed by atoms with Crippen molar-refractivity contribution < 1.29 is 4.79 Å².